The van der Waals surface area contributed by atoms with E-state index < -0.39 is 11.7 Å². The van der Waals surface area contributed by atoms with Gasteiger partial charge in [-0.2, -0.15) is 13.2 Å². The summed E-state index contributed by atoms with van der Waals surface area (Å²) < 4.78 is 58.9. The molecule has 0 saturated carbocycles. The molecule has 8 nitrogen and oxygen atoms in total. The summed E-state index contributed by atoms with van der Waals surface area (Å²) in [6.07, 6.45) is -2.36. The number of halogens is 3. The lowest BCUT2D eigenvalue weighted by molar-refractivity contribution is -0.137. The third-order valence-corrected chi connectivity index (χ3v) is 6.36. The molecule has 2 N–H and O–H groups in total. The molecule has 4 rings (SSSR count). The monoisotopic (exact) mass is 519 g/mol. The van der Waals surface area contributed by atoms with Crippen molar-refractivity contribution in [1.29, 1.82) is 0 Å². The molecule has 1 saturated heterocycles. The minimum atomic E-state index is -4.61. The van der Waals surface area contributed by atoms with Crippen LogP contribution < -0.4 is 15.4 Å². The van der Waals surface area contributed by atoms with Crippen LogP contribution in [0.1, 0.15) is 41.8 Å². The summed E-state index contributed by atoms with van der Waals surface area (Å²) in [6.45, 7) is 7.69. The first-order valence-corrected chi connectivity index (χ1v) is 12.3. The van der Waals surface area contributed by atoms with Crippen LogP contribution >= 0.6 is 0 Å². The van der Waals surface area contributed by atoms with Crippen LogP contribution in [0.15, 0.2) is 22.7 Å². The SMILES string of the molecule is CNCCCOc1ccc(C(F)(F)F)c(-c2nc(NC3CCOCC3)c(C)c(-c3c(C)noc3C)n2)c1. The van der Waals surface area contributed by atoms with Gasteiger partial charge in [0.05, 0.1) is 29.1 Å². The third-order valence-electron chi connectivity index (χ3n) is 6.36. The Bertz CT molecular complexity index is 1200. The van der Waals surface area contributed by atoms with Crippen LogP contribution in [0.5, 0.6) is 5.75 Å². The summed E-state index contributed by atoms with van der Waals surface area (Å²) >= 11 is 0. The summed E-state index contributed by atoms with van der Waals surface area (Å²) in [5.41, 5.74) is 1.44. The minimum Gasteiger partial charge on any atom is -0.494 e. The molecule has 200 valence electrons. The first-order chi connectivity index (χ1) is 17.7. The van der Waals surface area contributed by atoms with E-state index in [0.717, 1.165) is 25.5 Å². The minimum absolute atomic E-state index is 0.0526. The van der Waals surface area contributed by atoms with Gasteiger partial charge >= 0.3 is 6.18 Å². The van der Waals surface area contributed by atoms with Crippen molar-refractivity contribution in [3.63, 3.8) is 0 Å². The van der Waals surface area contributed by atoms with E-state index in [0.29, 0.717) is 66.1 Å². The molecule has 1 aliphatic rings. The Morgan fingerprint density at radius 1 is 1.11 bits per heavy atom. The zero-order chi connectivity index (χ0) is 26.6. The number of hydrogen-bond acceptors (Lipinski definition) is 8. The van der Waals surface area contributed by atoms with Crippen LogP contribution in [0.4, 0.5) is 19.0 Å². The highest BCUT2D eigenvalue weighted by Crippen LogP contribution is 2.40. The van der Waals surface area contributed by atoms with Crippen molar-refractivity contribution in [2.75, 3.05) is 38.7 Å². The number of alkyl halides is 3. The Balaban J connectivity index is 1.85. The quantitative estimate of drug-likeness (QED) is 0.367. The molecule has 1 fully saturated rings. The number of rotatable bonds is 9. The molecule has 2 aromatic heterocycles. The van der Waals surface area contributed by atoms with Crippen molar-refractivity contribution >= 4 is 5.82 Å². The molecular formula is C26H32F3N5O3. The number of benzene rings is 1. The van der Waals surface area contributed by atoms with Crippen molar-refractivity contribution in [3.8, 4) is 28.4 Å². The molecule has 0 aliphatic carbocycles. The average molecular weight is 520 g/mol. The molecule has 0 bridgehead atoms. The summed E-state index contributed by atoms with van der Waals surface area (Å²) in [5.74, 6) is 1.27. The number of hydrogen-bond donors (Lipinski definition) is 2. The summed E-state index contributed by atoms with van der Waals surface area (Å²) in [7, 11) is 1.83. The number of nitrogens with zero attached hydrogens (tertiary/aromatic N) is 3. The van der Waals surface area contributed by atoms with Gasteiger partial charge < -0.3 is 24.6 Å². The maximum atomic E-state index is 14.1. The fourth-order valence-corrected chi connectivity index (χ4v) is 4.36. The van der Waals surface area contributed by atoms with E-state index in [1.54, 1.807) is 13.8 Å². The highest BCUT2D eigenvalue weighted by atomic mass is 19.4. The Labute approximate surface area is 214 Å². The van der Waals surface area contributed by atoms with Crippen LogP contribution in [-0.4, -0.2) is 54.6 Å². The number of aromatic nitrogens is 3. The summed E-state index contributed by atoms with van der Waals surface area (Å²) in [6, 6.07) is 3.79. The van der Waals surface area contributed by atoms with Gasteiger partial charge in [0, 0.05) is 30.4 Å². The van der Waals surface area contributed by atoms with Crippen molar-refractivity contribution in [2.45, 2.75) is 52.3 Å². The molecule has 1 aliphatic heterocycles. The lowest BCUT2D eigenvalue weighted by Gasteiger charge is -2.25. The van der Waals surface area contributed by atoms with Crippen molar-refractivity contribution in [2.24, 2.45) is 0 Å². The Kier molecular flexibility index (Phi) is 8.33. The average Bonchev–Trinajstić information content (AvgIpc) is 3.20. The standard InChI is InChI=1S/C26H32F3N5O3/c1-15-23(22-16(2)34-37-17(22)3)32-25(33-24(15)31-18-8-12-35-13-9-18)20-14-19(36-11-5-10-30-4)6-7-21(20)26(27,28)29/h6-7,14,18,30H,5,8-13H2,1-4H3,(H,31,32,33). The third kappa shape index (κ3) is 6.22. The van der Waals surface area contributed by atoms with Gasteiger partial charge in [0.2, 0.25) is 0 Å². The molecule has 0 spiro atoms. The Morgan fingerprint density at radius 2 is 1.86 bits per heavy atom. The van der Waals surface area contributed by atoms with Gasteiger partial charge in [-0.05, 0) is 71.8 Å². The second-order valence-corrected chi connectivity index (χ2v) is 9.11. The molecule has 0 amide bonds. The first-order valence-electron chi connectivity index (χ1n) is 12.3. The van der Waals surface area contributed by atoms with Crippen LogP contribution in [0, 0.1) is 20.8 Å². The zero-order valence-electron chi connectivity index (χ0n) is 21.5. The molecule has 0 radical (unpaired) electrons. The fraction of sp³-hybridized carbons (Fsp3) is 0.500. The van der Waals surface area contributed by atoms with Gasteiger partial charge in [0.15, 0.2) is 5.82 Å². The van der Waals surface area contributed by atoms with Crippen molar-refractivity contribution < 1.29 is 27.2 Å². The summed E-state index contributed by atoms with van der Waals surface area (Å²) in [4.78, 5) is 9.26. The fourth-order valence-electron chi connectivity index (χ4n) is 4.36. The largest absolute Gasteiger partial charge is 0.494 e. The Hall–Kier alpha value is -3.18. The smallest absolute Gasteiger partial charge is 0.417 e. The van der Waals surface area contributed by atoms with E-state index in [9.17, 15) is 13.2 Å². The van der Waals surface area contributed by atoms with Gasteiger partial charge in [-0.1, -0.05) is 5.16 Å². The van der Waals surface area contributed by atoms with E-state index in [1.165, 1.54) is 12.1 Å². The number of ether oxygens (including phenoxy) is 2. The summed E-state index contributed by atoms with van der Waals surface area (Å²) in [5, 5.41) is 10.5. The van der Waals surface area contributed by atoms with E-state index >= 15 is 0 Å². The Morgan fingerprint density at radius 3 is 2.51 bits per heavy atom. The molecule has 1 aromatic carbocycles. The van der Waals surface area contributed by atoms with Gasteiger partial charge in [0.1, 0.15) is 17.3 Å². The van der Waals surface area contributed by atoms with E-state index in [1.807, 2.05) is 14.0 Å². The van der Waals surface area contributed by atoms with Gasteiger partial charge in [0.25, 0.3) is 0 Å². The lowest BCUT2D eigenvalue weighted by Crippen LogP contribution is -2.28. The lowest BCUT2D eigenvalue weighted by atomic mass is 10.0. The van der Waals surface area contributed by atoms with Crippen LogP contribution in [0.25, 0.3) is 22.6 Å². The van der Waals surface area contributed by atoms with Gasteiger partial charge in [-0.25, -0.2) is 9.97 Å². The topological polar surface area (TPSA) is 94.3 Å². The second kappa shape index (κ2) is 11.5. The van der Waals surface area contributed by atoms with E-state index in [4.69, 9.17) is 14.0 Å². The molecular weight excluding hydrogens is 487 g/mol. The number of aryl methyl sites for hydroxylation is 2. The normalized spacial score (nSPS) is 14.7. The van der Waals surface area contributed by atoms with Gasteiger partial charge in [-0.3, -0.25) is 0 Å². The molecule has 0 atom stereocenters. The molecule has 3 aromatic rings. The highest BCUT2D eigenvalue weighted by molar-refractivity contribution is 5.75. The van der Waals surface area contributed by atoms with E-state index in [2.05, 4.69) is 25.8 Å². The molecule has 3 heterocycles. The van der Waals surface area contributed by atoms with Crippen LogP contribution in [-0.2, 0) is 10.9 Å². The number of anilines is 1. The van der Waals surface area contributed by atoms with Crippen molar-refractivity contribution in [3.05, 3.63) is 40.8 Å². The van der Waals surface area contributed by atoms with Crippen molar-refractivity contribution in [1.82, 2.24) is 20.4 Å². The number of nitrogens with one attached hydrogen (secondary N) is 2. The molecule has 11 heteroatoms. The predicted octanol–water partition coefficient (Wildman–Crippen LogP) is 5.32. The van der Waals surface area contributed by atoms with Crippen LogP contribution in [0.3, 0.4) is 0 Å². The molecule has 37 heavy (non-hydrogen) atoms. The highest BCUT2D eigenvalue weighted by Gasteiger charge is 2.35. The molecule has 0 unspecified atom stereocenters. The zero-order valence-corrected chi connectivity index (χ0v) is 21.5. The predicted molar refractivity (Wildman–Crippen MR) is 134 cm³/mol. The van der Waals surface area contributed by atoms with Gasteiger partial charge in [-0.15, -0.1) is 0 Å². The maximum absolute atomic E-state index is 14.1. The first kappa shape index (κ1) is 26.9. The second-order valence-electron chi connectivity index (χ2n) is 9.11. The van der Waals surface area contributed by atoms with Crippen LogP contribution in [0.2, 0.25) is 0 Å². The van der Waals surface area contributed by atoms with E-state index in [-0.39, 0.29) is 17.4 Å². The maximum Gasteiger partial charge on any atom is 0.417 e.